The fraction of sp³-hybridized carbons (Fsp3) is 0.278. The largest absolute Gasteiger partial charge is 0.339 e. The highest BCUT2D eigenvalue weighted by molar-refractivity contribution is 7.92. The number of rotatable bonds is 4. The summed E-state index contributed by atoms with van der Waals surface area (Å²) in [6, 6.07) is 11.8. The fourth-order valence-corrected chi connectivity index (χ4v) is 3.61. The van der Waals surface area contributed by atoms with Crippen LogP contribution in [-0.4, -0.2) is 32.3 Å². The minimum Gasteiger partial charge on any atom is -0.339 e. The third-order valence-corrected chi connectivity index (χ3v) is 5.58. The monoisotopic (exact) mass is 344 g/mol. The van der Waals surface area contributed by atoms with Crippen LogP contribution in [0, 0.1) is 13.8 Å². The third kappa shape index (κ3) is 3.28. The van der Waals surface area contributed by atoms with Crippen LogP contribution in [0.2, 0.25) is 0 Å². The van der Waals surface area contributed by atoms with Crippen molar-refractivity contribution >= 4 is 21.6 Å². The molecule has 1 aliphatic heterocycles. The molecule has 0 aromatic heterocycles. The lowest BCUT2D eigenvalue weighted by molar-refractivity contribution is 0.0651. The molecule has 6 heteroatoms. The molecule has 1 aliphatic rings. The Kier molecular flexibility index (Phi) is 4.32. The smallest absolute Gasteiger partial charge is 0.261 e. The van der Waals surface area contributed by atoms with Crippen molar-refractivity contribution in [1.29, 1.82) is 0 Å². The Morgan fingerprint density at radius 2 is 1.71 bits per heavy atom. The summed E-state index contributed by atoms with van der Waals surface area (Å²) in [5, 5.41) is 0. The Morgan fingerprint density at radius 3 is 2.29 bits per heavy atom. The maximum absolute atomic E-state index is 12.6. The third-order valence-electron chi connectivity index (χ3n) is 4.20. The summed E-state index contributed by atoms with van der Waals surface area (Å²) >= 11 is 0. The van der Waals surface area contributed by atoms with Gasteiger partial charge in [-0.3, -0.25) is 9.52 Å². The molecule has 1 fully saturated rings. The van der Waals surface area contributed by atoms with Crippen molar-refractivity contribution in [3.63, 3.8) is 0 Å². The highest BCUT2D eigenvalue weighted by atomic mass is 32.2. The molecule has 1 saturated heterocycles. The van der Waals surface area contributed by atoms with Gasteiger partial charge in [-0.1, -0.05) is 23.8 Å². The molecular formula is C18H20N2O3S. The number of anilines is 1. The summed E-state index contributed by atoms with van der Waals surface area (Å²) in [5.74, 6) is -0.105. The van der Waals surface area contributed by atoms with Crippen LogP contribution in [0.25, 0.3) is 0 Å². The molecule has 24 heavy (non-hydrogen) atoms. The second-order valence-electron chi connectivity index (χ2n) is 6.09. The van der Waals surface area contributed by atoms with E-state index in [0.29, 0.717) is 11.3 Å². The predicted octanol–water partition coefficient (Wildman–Crippen LogP) is 2.95. The highest BCUT2D eigenvalue weighted by Crippen LogP contribution is 2.22. The molecule has 126 valence electrons. The molecular weight excluding hydrogens is 324 g/mol. The van der Waals surface area contributed by atoms with E-state index in [4.69, 9.17) is 0 Å². The van der Waals surface area contributed by atoms with E-state index in [2.05, 4.69) is 4.72 Å². The van der Waals surface area contributed by atoms with Gasteiger partial charge >= 0.3 is 0 Å². The Hall–Kier alpha value is -2.34. The number of aryl methyl sites for hydroxylation is 2. The summed E-state index contributed by atoms with van der Waals surface area (Å²) in [5.41, 5.74) is 2.77. The first-order valence-electron chi connectivity index (χ1n) is 7.86. The zero-order valence-electron chi connectivity index (χ0n) is 13.7. The average molecular weight is 344 g/mol. The molecule has 2 aromatic carbocycles. The van der Waals surface area contributed by atoms with Gasteiger partial charge < -0.3 is 4.90 Å². The molecule has 1 amide bonds. The van der Waals surface area contributed by atoms with Crippen molar-refractivity contribution in [3.8, 4) is 0 Å². The number of carbonyl (C=O) groups excluding carboxylic acids is 1. The van der Waals surface area contributed by atoms with Gasteiger partial charge in [0.05, 0.1) is 4.90 Å². The first-order chi connectivity index (χ1) is 11.4. The maximum Gasteiger partial charge on any atom is 0.261 e. The Bertz CT molecular complexity index is 870. The zero-order valence-corrected chi connectivity index (χ0v) is 14.6. The molecule has 2 aromatic rings. The number of hydrogen-bond acceptors (Lipinski definition) is 3. The first kappa shape index (κ1) is 16.5. The van der Waals surface area contributed by atoms with Crippen LogP contribution in [0.1, 0.15) is 27.9 Å². The van der Waals surface area contributed by atoms with E-state index in [9.17, 15) is 13.2 Å². The molecule has 0 aliphatic carbocycles. The Balaban J connectivity index is 1.90. The van der Waals surface area contributed by atoms with Gasteiger partial charge in [-0.15, -0.1) is 0 Å². The van der Waals surface area contributed by atoms with Gasteiger partial charge in [0, 0.05) is 24.3 Å². The van der Waals surface area contributed by atoms with E-state index in [0.717, 1.165) is 30.6 Å². The second-order valence-corrected chi connectivity index (χ2v) is 7.78. The van der Waals surface area contributed by atoms with Crippen LogP contribution in [0.5, 0.6) is 0 Å². The minimum atomic E-state index is -3.73. The molecule has 1 heterocycles. The second kappa shape index (κ2) is 6.28. The van der Waals surface area contributed by atoms with E-state index < -0.39 is 10.0 Å². The topological polar surface area (TPSA) is 66.5 Å². The molecule has 1 N–H and O–H groups in total. The molecule has 0 saturated carbocycles. The predicted molar refractivity (Wildman–Crippen MR) is 93.7 cm³/mol. The number of nitrogens with one attached hydrogen (secondary N) is 1. The van der Waals surface area contributed by atoms with Gasteiger partial charge in [0.15, 0.2) is 0 Å². The summed E-state index contributed by atoms with van der Waals surface area (Å²) in [7, 11) is -3.73. The van der Waals surface area contributed by atoms with Crippen molar-refractivity contribution in [1.82, 2.24) is 4.90 Å². The van der Waals surface area contributed by atoms with Gasteiger partial charge in [-0.2, -0.15) is 0 Å². The van der Waals surface area contributed by atoms with Crippen molar-refractivity contribution in [2.45, 2.75) is 25.2 Å². The number of amides is 1. The van der Waals surface area contributed by atoms with E-state index in [1.54, 1.807) is 23.1 Å². The van der Waals surface area contributed by atoms with Gasteiger partial charge in [0.1, 0.15) is 0 Å². The molecule has 3 rings (SSSR count). The summed E-state index contributed by atoms with van der Waals surface area (Å²) in [6.45, 7) is 5.22. The summed E-state index contributed by atoms with van der Waals surface area (Å²) < 4.78 is 27.7. The van der Waals surface area contributed by atoms with Crippen molar-refractivity contribution in [2.75, 3.05) is 17.8 Å². The first-order valence-corrected chi connectivity index (χ1v) is 9.34. The van der Waals surface area contributed by atoms with Crippen LogP contribution in [0.4, 0.5) is 5.69 Å². The molecule has 0 radical (unpaired) electrons. The number of hydrogen-bond donors (Lipinski definition) is 1. The van der Waals surface area contributed by atoms with Gasteiger partial charge in [-0.25, -0.2) is 8.42 Å². The number of nitrogens with zero attached hydrogens (tertiary/aromatic N) is 1. The van der Waals surface area contributed by atoms with Crippen LogP contribution in [0.15, 0.2) is 47.4 Å². The summed E-state index contributed by atoms with van der Waals surface area (Å²) in [6.07, 6.45) is 0.998. The van der Waals surface area contributed by atoms with E-state index in [1.807, 2.05) is 26.0 Å². The van der Waals surface area contributed by atoms with Crippen LogP contribution >= 0.6 is 0 Å². The number of carbonyl (C=O) groups is 1. The quantitative estimate of drug-likeness (QED) is 0.927. The minimum absolute atomic E-state index is 0.0950. The van der Waals surface area contributed by atoms with Crippen molar-refractivity contribution in [3.05, 3.63) is 59.2 Å². The number of likely N-dealkylation sites (tertiary alicyclic amines) is 1. The van der Waals surface area contributed by atoms with E-state index >= 15 is 0 Å². The highest BCUT2D eigenvalue weighted by Gasteiger charge is 2.25. The van der Waals surface area contributed by atoms with Gasteiger partial charge in [-0.05, 0) is 50.1 Å². The lowest BCUT2D eigenvalue weighted by atomic mass is 10.1. The lowest BCUT2D eigenvalue weighted by Crippen LogP contribution is -2.42. The van der Waals surface area contributed by atoms with Crippen LogP contribution < -0.4 is 4.72 Å². The van der Waals surface area contributed by atoms with Crippen molar-refractivity contribution in [2.24, 2.45) is 0 Å². The molecule has 5 nitrogen and oxygen atoms in total. The SMILES string of the molecule is Cc1ccc(NS(=O)(=O)c2ccc(C)c(C(=O)N3CCC3)c2)cc1. The normalized spacial score (nSPS) is 14.2. The zero-order chi connectivity index (χ0) is 17.3. The number of benzene rings is 2. The Labute approximate surface area is 142 Å². The summed E-state index contributed by atoms with van der Waals surface area (Å²) in [4.78, 5) is 14.3. The number of sulfonamides is 1. The average Bonchev–Trinajstić information content (AvgIpc) is 2.48. The Morgan fingerprint density at radius 1 is 1.04 bits per heavy atom. The molecule has 0 atom stereocenters. The molecule has 0 spiro atoms. The maximum atomic E-state index is 12.6. The molecule has 0 bridgehead atoms. The van der Waals surface area contributed by atoms with Crippen LogP contribution in [0.3, 0.4) is 0 Å². The van der Waals surface area contributed by atoms with Crippen LogP contribution in [-0.2, 0) is 10.0 Å². The van der Waals surface area contributed by atoms with Gasteiger partial charge in [0.2, 0.25) is 0 Å². The van der Waals surface area contributed by atoms with E-state index in [1.165, 1.54) is 12.1 Å². The van der Waals surface area contributed by atoms with E-state index in [-0.39, 0.29) is 10.8 Å². The van der Waals surface area contributed by atoms with Gasteiger partial charge in [0.25, 0.3) is 15.9 Å². The lowest BCUT2D eigenvalue weighted by Gasteiger charge is -2.31. The molecule has 0 unspecified atom stereocenters. The fourth-order valence-electron chi connectivity index (χ4n) is 2.52. The van der Waals surface area contributed by atoms with Crippen molar-refractivity contribution < 1.29 is 13.2 Å². The standard InChI is InChI=1S/C18H20N2O3S/c1-13-4-7-15(8-5-13)19-24(22,23)16-9-6-14(2)17(12-16)18(21)20-10-3-11-20/h4-9,12,19H,3,10-11H2,1-2H3.